The molecule has 2 heterocycles. The van der Waals surface area contributed by atoms with Gasteiger partial charge in [-0.15, -0.1) is 0 Å². The number of piperidine rings is 1. The lowest BCUT2D eigenvalue weighted by Gasteiger charge is -2.29. The fourth-order valence-electron chi connectivity index (χ4n) is 2.70. The van der Waals surface area contributed by atoms with Crippen LogP contribution >= 0.6 is 0 Å². The summed E-state index contributed by atoms with van der Waals surface area (Å²) in [5.41, 5.74) is 12.6. The van der Waals surface area contributed by atoms with Crippen LogP contribution in [-0.4, -0.2) is 29.6 Å². The maximum absolute atomic E-state index is 6.02. The topological polar surface area (TPSA) is 81.1 Å². The highest BCUT2D eigenvalue weighted by molar-refractivity contribution is 5.89. The Labute approximate surface area is 119 Å². The van der Waals surface area contributed by atoms with Crippen LogP contribution in [0.3, 0.4) is 0 Å². The van der Waals surface area contributed by atoms with Gasteiger partial charge in [0.25, 0.3) is 0 Å². The average molecular weight is 271 g/mol. The van der Waals surface area contributed by atoms with Crippen LogP contribution in [0.2, 0.25) is 0 Å². The number of para-hydroxylation sites is 1. The molecule has 5 heteroatoms. The van der Waals surface area contributed by atoms with E-state index in [-0.39, 0.29) is 6.04 Å². The Morgan fingerprint density at radius 1 is 1.10 bits per heavy atom. The molecule has 5 nitrogen and oxygen atoms in total. The highest BCUT2D eigenvalue weighted by Crippen LogP contribution is 2.27. The van der Waals surface area contributed by atoms with Crippen molar-refractivity contribution < 1.29 is 0 Å². The summed E-state index contributed by atoms with van der Waals surface area (Å²) in [6.45, 7) is 2.47. The minimum atomic E-state index is -0.303. The van der Waals surface area contributed by atoms with Crippen LogP contribution in [0.1, 0.15) is 31.1 Å². The van der Waals surface area contributed by atoms with Crippen molar-refractivity contribution in [3.05, 3.63) is 30.1 Å². The van der Waals surface area contributed by atoms with Gasteiger partial charge >= 0.3 is 0 Å². The molecule has 1 fully saturated rings. The molecule has 1 aliphatic heterocycles. The second-order valence-electron chi connectivity index (χ2n) is 5.31. The van der Waals surface area contributed by atoms with Crippen LogP contribution in [0.25, 0.3) is 10.9 Å². The largest absolute Gasteiger partial charge is 0.356 e. The van der Waals surface area contributed by atoms with Gasteiger partial charge in [0.05, 0.1) is 11.6 Å². The van der Waals surface area contributed by atoms with E-state index in [0.29, 0.717) is 12.4 Å². The molecule has 2 aromatic rings. The number of aromatic nitrogens is 2. The number of fused-ring (bicyclic) bond motifs is 1. The molecule has 0 spiro atoms. The third-order valence-electron chi connectivity index (χ3n) is 3.84. The Kier molecular flexibility index (Phi) is 3.80. The van der Waals surface area contributed by atoms with Crippen molar-refractivity contribution >= 4 is 16.7 Å². The van der Waals surface area contributed by atoms with E-state index in [9.17, 15) is 0 Å². The predicted octanol–water partition coefficient (Wildman–Crippen LogP) is 1.58. The normalized spacial score (nSPS) is 17.4. The van der Waals surface area contributed by atoms with Gasteiger partial charge < -0.3 is 16.4 Å². The predicted molar refractivity (Wildman–Crippen MR) is 81.6 cm³/mol. The number of benzene rings is 1. The van der Waals surface area contributed by atoms with E-state index in [1.807, 2.05) is 18.2 Å². The molecule has 1 aliphatic rings. The summed E-state index contributed by atoms with van der Waals surface area (Å²) < 4.78 is 0. The Balaban J connectivity index is 2.11. The molecule has 0 radical (unpaired) electrons. The second-order valence-corrected chi connectivity index (χ2v) is 5.31. The summed E-state index contributed by atoms with van der Waals surface area (Å²) in [4.78, 5) is 11.6. The molecule has 0 amide bonds. The monoisotopic (exact) mass is 271 g/mol. The van der Waals surface area contributed by atoms with Gasteiger partial charge in [0, 0.05) is 25.0 Å². The van der Waals surface area contributed by atoms with Crippen molar-refractivity contribution in [2.45, 2.75) is 25.3 Å². The standard InChI is InChI=1S/C15H21N5/c16-10-12(17)14-18-13-7-3-2-6-11(13)15(19-14)20-8-4-1-5-9-20/h2-3,6-7,12H,1,4-5,8-10,16-17H2. The van der Waals surface area contributed by atoms with Crippen LogP contribution in [0.5, 0.6) is 0 Å². The summed E-state index contributed by atoms with van der Waals surface area (Å²) in [5.74, 6) is 1.65. The van der Waals surface area contributed by atoms with E-state index >= 15 is 0 Å². The number of hydrogen-bond donors (Lipinski definition) is 2. The summed E-state index contributed by atoms with van der Waals surface area (Å²) in [7, 11) is 0. The fourth-order valence-corrected chi connectivity index (χ4v) is 2.70. The third kappa shape index (κ3) is 2.46. The lowest BCUT2D eigenvalue weighted by molar-refractivity contribution is 0.571. The molecule has 0 saturated carbocycles. The van der Waals surface area contributed by atoms with Crippen molar-refractivity contribution in [3.8, 4) is 0 Å². The lowest BCUT2D eigenvalue weighted by atomic mass is 10.1. The molecule has 1 aromatic heterocycles. The summed E-state index contributed by atoms with van der Waals surface area (Å²) in [6.07, 6.45) is 3.74. The first kappa shape index (κ1) is 13.3. The van der Waals surface area contributed by atoms with Crippen LogP contribution < -0.4 is 16.4 Å². The van der Waals surface area contributed by atoms with Gasteiger partial charge in [0.1, 0.15) is 11.6 Å². The van der Waals surface area contributed by atoms with Crippen LogP contribution in [0, 0.1) is 0 Å². The van der Waals surface area contributed by atoms with E-state index < -0.39 is 0 Å². The first-order valence-corrected chi connectivity index (χ1v) is 7.27. The SMILES string of the molecule is NCC(N)c1nc(N2CCCCC2)c2ccccc2n1. The summed E-state index contributed by atoms with van der Waals surface area (Å²) >= 11 is 0. The molecule has 106 valence electrons. The fraction of sp³-hybridized carbons (Fsp3) is 0.467. The quantitative estimate of drug-likeness (QED) is 0.885. The van der Waals surface area contributed by atoms with Crippen LogP contribution in [0.4, 0.5) is 5.82 Å². The number of hydrogen-bond acceptors (Lipinski definition) is 5. The van der Waals surface area contributed by atoms with Gasteiger partial charge in [-0.2, -0.15) is 0 Å². The third-order valence-corrected chi connectivity index (χ3v) is 3.84. The minimum absolute atomic E-state index is 0.303. The molecule has 0 aliphatic carbocycles. The lowest BCUT2D eigenvalue weighted by Crippen LogP contribution is -2.31. The van der Waals surface area contributed by atoms with E-state index in [1.54, 1.807) is 0 Å². The summed E-state index contributed by atoms with van der Waals surface area (Å²) in [5, 5.41) is 1.10. The Hall–Kier alpha value is -1.72. The van der Waals surface area contributed by atoms with E-state index in [1.165, 1.54) is 19.3 Å². The Morgan fingerprint density at radius 3 is 2.60 bits per heavy atom. The zero-order chi connectivity index (χ0) is 13.9. The Morgan fingerprint density at radius 2 is 1.85 bits per heavy atom. The van der Waals surface area contributed by atoms with Crippen molar-refractivity contribution in [1.29, 1.82) is 0 Å². The van der Waals surface area contributed by atoms with Gasteiger partial charge in [-0.3, -0.25) is 0 Å². The maximum atomic E-state index is 6.02. The highest BCUT2D eigenvalue weighted by Gasteiger charge is 2.18. The molecular formula is C15H21N5. The first-order valence-electron chi connectivity index (χ1n) is 7.27. The average Bonchev–Trinajstić information content (AvgIpc) is 2.54. The molecule has 0 bridgehead atoms. The number of nitrogens with two attached hydrogens (primary N) is 2. The van der Waals surface area contributed by atoms with Gasteiger partial charge in [-0.25, -0.2) is 9.97 Å². The number of nitrogens with zero attached hydrogens (tertiary/aromatic N) is 3. The van der Waals surface area contributed by atoms with E-state index in [2.05, 4.69) is 16.0 Å². The number of rotatable bonds is 3. The molecular weight excluding hydrogens is 250 g/mol. The zero-order valence-corrected chi connectivity index (χ0v) is 11.6. The molecule has 1 aromatic carbocycles. The van der Waals surface area contributed by atoms with Crippen molar-refractivity contribution in [1.82, 2.24) is 9.97 Å². The molecule has 1 saturated heterocycles. The zero-order valence-electron chi connectivity index (χ0n) is 11.6. The summed E-state index contributed by atoms with van der Waals surface area (Å²) in [6, 6.07) is 7.81. The Bertz CT molecular complexity index is 592. The van der Waals surface area contributed by atoms with Gasteiger partial charge in [-0.1, -0.05) is 12.1 Å². The molecule has 3 rings (SSSR count). The second kappa shape index (κ2) is 5.73. The highest BCUT2D eigenvalue weighted by atomic mass is 15.2. The molecule has 1 atom stereocenters. The van der Waals surface area contributed by atoms with Crippen molar-refractivity contribution in [2.24, 2.45) is 11.5 Å². The minimum Gasteiger partial charge on any atom is -0.356 e. The van der Waals surface area contributed by atoms with Gasteiger partial charge in [-0.05, 0) is 31.4 Å². The van der Waals surface area contributed by atoms with Crippen molar-refractivity contribution in [3.63, 3.8) is 0 Å². The van der Waals surface area contributed by atoms with E-state index in [4.69, 9.17) is 16.5 Å². The molecule has 20 heavy (non-hydrogen) atoms. The van der Waals surface area contributed by atoms with Crippen LogP contribution in [-0.2, 0) is 0 Å². The van der Waals surface area contributed by atoms with Gasteiger partial charge in [0.2, 0.25) is 0 Å². The molecule has 1 unspecified atom stereocenters. The first-order chi connectivity index (χ1) is 9.79. The van der Waals surface area contributed by atoms with Crippen LogP contribution in [0.15, 0.2) is 24.3 Å². The van der Waals surface area contributed by atoms with Crippen molar-refractivity contribution in [2.75, 3.05) is 24.5 Å². The van der Waals surface area contributed by atoms with E-state index in [0.717, 1.165) is 29.8 Å². The maximum Gasteiger partial charge on any atom is 0.149 e. The van der Waals surface area contributed by atoms with Gasteiger partial charge in [0.15, 0.2) is 0 Å². The molecule has 4 N–H and O–H groups in total. The number of anilines is 1. The smallest absolute Gasteiger partial charge is 0.149 e.